The first-order valence-electron chi connectivity index (χ1n) is 8.66. The van der Waals surface area contributed by atoms with Crippen molar-refractivity contribution < 1.29 is 14.7 Å². The molecule has 0 radical (unpaired) electrons. The van der Waals surface area contributed by atoms with Gasteiger partial charge in [-0.25, -0.2) is 4.79 Å². The van der Waals surface area contributed by atoms with E-state index in [4.69, 9.17) is 22.7 Å². The van der Waals surface area contributed by atoms with Crippen molar-refractivity contribution in [3.05, 3.63) is 87.9 Å². The summed E-state index contributed by atoms with van der Waals surface area (Å²) < 4.78 is 0. The summed E-state index contributed by atoms with van der Waals surface area (Å²) in [6, 6.07) is 16.3. The monoisotopic (exact) mass is 407 g/mol. The van der Waals surface area contributed by atoms with E-state index in [9.17, 15) is 14.7 Å². The molecule has 0 heterocycles. The molecule has 146 valence electrons. The van der Waals surface area contributed by atoms with Crippen molar-refractivity contribution >= 4 is 35.0 Å². The summed E-state index contributed by atoms with van der Waals surface area (Å²) in [6.45, 7) is 1.80. The molecule has 0 bridgehead atoms. The Morgan fingerprint density at radius 3 is 2.28 bits per heavy atom. The number of nitrogen functional groups attached to an aromatic ring is 1. The van der Waals surface area contributed by atoms with E-state index in [1.807, 2.05) is 0 Å². The molecule has 0 spiro atoms. The summed E-state index contributed by atoms with van der Waals surface area (Å²) >= 11 is 6.13. The van der Waals surface area contributed by atoms with Gasteiger partial charge in [0.15, 0.2) is 0 Å². The molecule has 0 aliphatic rings. The lowest BCUT2D eigenvalue weighted by Crippen LogP contribution is -2.15. The molecule has 0 saturated carbocycles. The number of amidine groups is 1. The SMILES string of the molecule is Cc1ccc(-c2cc(Cl)ccc2C(=O)Nc2ccc(C(=N)N)cc2)c(C(=O)O)c1. The van der Waals surface area contributed by atoms with Crippen LogP contribution < -0.4 is 11.1 Å². The number of nitrogens with two attached hydrogens (primary N) is 1. The van der Waals surface area contributed by atoms with E-state index in [0.717, 1.165) is 5.56 Å². The minimum Gasteiger partial charge on any atom is -0.478 e. The number of halogens is 1. The van der Waals surface area contributed by atoms with Crippen LogP contribution in [-0.4, -0.2) is 22.8 Å². The van der Waals surface area contributed by atoms with Crippen molar-refractivity contribution in [3.63, 3.8) is 0 Å². The number of carboxylic acid groups (broad SMARTS) is 1. The zero-order chi connectivity index (χ0) is 21.1. The fourth-order valence-electron chi connectivity index (χ4n) is 2.94. The van der Waals surface area contributed by atoms with Crippen molar-refractivity contribution in [2.24, 2.45) is 5.73 Å². The average Bonchev–Trinajstić information content (AvgIpc) is 2.68. The normalized spacial score (nSPS) is 10.4. The Bertz CT molecular complexity index is 1120. The molecular weight excluding hydrogens is 390 g/mol. The van der Waals surface area contributed by atoms with E-state index >= 15 is 0 Å². The standard InChI is InChI=1S/C22H18ClN3O3/c1-12-2-8-16(19(10-12)22(28)29)18-11-14(23)5-9-17(18)21(27)26-15-6-3-13(4-7-15)20(24)25/h2-11H,1H3,(H3,24,25)(H,26,27)(H,28,29). The van der Waals surface area contributed by atoms with Crippen LogP contribution in [0.4, 0.5) is 5.69 Å². The summed E-state index contributed by atoms with van der Waals surface area (Å²) in [5.41, 5.74) is 8.50. The number of nitrogens with one attached hydrogen (secondary N) is 2. The van der Waals surface area contributed by atoms with Gasteiger partial charge in [0.05, 0.1) is 5.56 Å². The highest BCUT2D eigenvalue weighted by Crippen LogP contribution is 2.31. The summed E-state index contributed by atoms with van der Waals surface area (Å²) in [5, 5.41) is 20.2. The minimum atomic E-state index is -1.09. The lowest BCUT2D eigenvalue weighted by atomic mass is 9.93. The van der Waals surface area contributed by atoms with Gasteiger partial charge >= 0.3 is 5.97 Å². The minimum absolute atomic E-state index is 0.0663. The third kappa shape index (κ3) is 4.44. The molecule has 0 atom stereocenters. The second kappa shape index (κ2) is 8.16. The lowest BCUT2D eigenvalue weighted by Gasteiger charge is -2.14. The van der Waals surface area contributed by atoms with Gasteiger partial charge in [-0.05, 0) is 66.6 Å². The fraction of sp³-hybridized carbons (Fsp3) is 0.0455. The van der Waals surface area contributed by atoms with Crippen LogP contribution in [0.2, 0.25) is 5.02 Å². The van der Waals surface area contributed by atoms with Crippen LogP contribution in [-0.2, 0) is 0 Å². The topological polar surface area (TPSA) is 116 Å². The zero-order valence-electron chi connectivity index (χ0n) is 15.5. The highest BCUT2D eigenvalue weighted by molar-refractivity contribution is 6.31. The van der Waals surface area contributed by atoms with Crippen LogP contribution in [0, 0.1) is 12.3 Å². The first kappa shape index (κ1) is 20.1. The first-order chi connectivity index (χ1) is 13.8. The van der Waals surface area contributed by atoms with Gasteiger partial charge < -0.3 is 16.2 Å². The van der Waals surface area contributed by atoms with Gasteiger partial charge in [0.2, 0.25) is 0 Å². The first-order valence-corrected chi connectivity index (χ1v) is 9.03. The smallest absolute Gasteiger partial charge is 0.336 e. The molecule has 29 heavy (non-hydrogen) atoms. The van der Waals surface area contributed by atoms with E-state index in [-0.39, 0.29) is 17.0 Å². The van der Waals surface area contributed by atoms with Gasteiger partial charge in [-0.15, -0.1) is 0 Å². The van der Waals surface area contributed by atoms with Crippen molar-refractivity contribution in [2.75, 3.05) is 5.32 Å². The Morgan fingerprint density at radius 1 is 0.966 bits per heavy atom. The molecule has 0 fully saturated rings. The Kier molecular flexibility index (Phi) is 5.66. The zero-order valence-corrected chi connectivity index (χ0v) is 16.2. The summed E-state index contributed by atoms with van der Waals surface area (Å²) in [4.78, 5) is 24.6. The molecule has 6 nitrogen and oxygen atoms in total. The van der Waals surface area contributed by atoms with Gasteiger partial charge in [-0.2, -0.15) is 0 Å². The maximum absolute atomic E-state index is 12.9. The maximum Gasteiger partial charge on any atom is 0.336 e. The van der Waals surface area contributed by atoms with Crippen molar-refractivity contribution in [1.82, 2.24) is 0 Å². The predicted molar refractivity (Wildman–Crippen MR) is 114 cm³/mol. The third-order valence-corrected chi connectivity index (χ3v) is 4.61. The third-order valence-electron chi connectivity index (χ3n) is 4.38. The summed E-state index contributed by atoms with van der Waals surface area (Å²) in [5.74, 6) is -1.57. The van der Waals surface area contributed by atoms with Crippen LogP contribution in [0.1, 0.15) is 31.8 Å². The van der Waals surface area contributed by atoms with Crippen LogP contribution in [0.3, 0.4) is 0 Å². The van der Waals surface area contributed by atoms with Crippen molar-refractivity contribution in [1.29, 1.82) is 5.41 Å². The van der Waals surface area contributed by atoms with Crippen molar-refractivity contribution in [2.45, 2.75) is 6.92 Å². The van der Waals surface area contributed by atoms with E-state index in [1.54, 1.807) is 67.6 Å². The fourth-order valence-corrected chi connectivity index (χ4v) is 3.11. The number of hydrogen-bond donors (Lipinski definition) is 4. The lowest BCUT2D eigenvalue weighted by molar-refractivity contribution is 0.0697. The van der Waals surface area contributed by atoms with Crippen LogP contribution >= 0.6 is 11.6 Å². The summed E-state index contributed by atoms with van der Waals surface area (Å²) in [7, 11) is 0. The van der Waals surface area contributed by atoms with E-state index < -0.39 is 11.9 Å². The van der Waals surface area contributed by atoms with Gasteiger partial charge in [0, 0.05) is 21.8 Å². The molecule has 5 N–H and O–H groups in total. The van der Waals surface area contributed by atoms with Crippen molar-refractivity contribution in [3.8, 4) is 11.1 Å². The van der Waals surface area contributed by atoms with E-state index in [1.165, 1.54) is 0 Å². The molecule has 3 aromatic rings. The quantitative estimate of drug-likeness (QED) is 0.366. The molecule has 1 amide bonds. The molecule has 3 rings (SSSR count). The van der Waals surface area contributed by atoms with E-state index in [2.05, 4.69) is 5.32 Å². The highest BCUT2D eigenvalue weighted by Gasteiger charge is 2.19. The Hall–Kier alpha value is -3.64. The van der Waals surface area contributed by atoms with Gasteiger partial charge in [0.1, 0.15) is 5.84 Å². The molecule has 0 aliphatic carbocycles. The Balaban J connectivity index is 2.02. The number of aromatic carboxylic acids is 1. The molecule has 0 aliphatic heterocycles. The van der Waals surface area contributed by atoms with Gasteiger partial charge in [-0.1, -0.05) is 29.3 Å². The molecular formula is C22H18ClN3O3. The number of rotatable bonds is 5. The molecule has 3 aromatic carbocycles. The largest absolute Gasteiger partial charge is 0.478 e. The number of carbonyl (C=O) groups excluding carboxylic acids is 1. The Labute approximate surface area is 172 Å². The molecule has 7 heteroatoms. The van der Waals surface area contributed by atoms with Gasteiger partial charge in [-0.3, -0.25) is 10.2 Å². The number of amides is 1. The Morgan fingerprint density at radius 2 is 1.66 bits per heavy atom. The summed E-state index contributed by atoms with van der Waals surface area (Å²) in [6.07, 6.45) is 0. The number of benzene rings is 3. The van der Waals surface area contributed by atoms with Crippen LogP contribution in [0.5, 0.6) is 0 Å². The highest BCUT2D eigenvalue weighted by atomic mass is 35.5. The number of anilines is 1. The van der Waals surface area contributed by atoms with Crippen LogP contribution in [0.25, 0.3) is 11.1 Å². The van der Waals surface area contributed by atoms with E-state index in [0.29, 0.717) is 27.4 Å². The average molecular weight is 408 g/mol. The number of aryl methyl sites for hydroxylation is 1. The second-order valence-corrected chi connectivity index (χ2v) is 6.93. The van der Waals surface area contributed by atoms with Crippen LogP contribution in [0.15, 0.2) is 60.7 Å². The molecule has 0 unspecified atom stereocenters. The predicted octanol–water partition coefficient (Wildman–Crippen LogP) is 4.55. The number of carbonyl (C=O) groups is 2. The number of hydrogen-bond acceptors (Lipinski definition) is 3. The maximum atomic E-state index is 12.9. The number of carboxylic acids is 1. The molecule has 0 aromatic heterocycles. The van der Waals surface area contributed by atoms with Gasteiger partial charge in [0.25, 0.3) is 5.91 Å². The molecule has 0 saturated heterocycles. The second-order valence-electron chi connectivity index (χ2n) is 6.49.